The van der Waals surface area contributed by atoms with Crippen LogP contribution in [0.5, 0.6) is 11.6 Å². The summed E-state index contributed by atoms with van der Waals surface area (Å²) in [4.78, 5) is 15.3. The van der Waals surface area contributed by atoms with E-state index < -0.39 is 11.6 Å². The fourth-order valence-electron chi connectivity index (χ4n) is 2.41. The number of fused-ring (bicyclic) bond motifs is 2. The van der Waals surface area contributed by atoms with Crippen molar-refractivity contribution in [2.75, 3.05) is 0 Å². The first-order chi connectivity index (χ1) is 11.1. The number of H-pyrrole nitrogens is 1. The van der Waals surface area contributed by atoms with E-state index in [2.05, 4.69) is 19.9 Å². The first-order valence-electron chi connectivity index (χ1n) is 6.67. The van der Waals surface area contributed by atoms with Gasteiger partial charge in [-0.05, 0) is 6.07 Å². The standard InChI is InChI=1S/C15H8F2N4OS/c16-8-3-7-4-9-14(22-12(7)10(17)5-8)20-13(21-15(9)23)11-6-18-1-2-19-11/h1-3,5-6H,4H2,(H,20,21,23). The molecule has 0 saturated carbocycles. The second-order valence-electron chi connectivity index (χ2n) is 4.94. The first kappa shape index (κ1) is 13.9. The Kier molecular flexibility index (Phi) is 3.12. The average Bonchev–Trinajstić information content (AvgIpc) is 2.54. The summed E-state index contributed by atoms with van der Waals surface area (Å²) in [5.74, 6) is -0.785. The van der Waals surface area contributed by atoms with Gasteiger partial charge in [-0.3, -0.25) is 4.98 Å². The number of halogens is 2. The van der Waals surface area contributed by atoms with Gasteiger partial charge in [0.25, 0.3) is 0 Å². The van der Waals surface area contributed by atoms with E-state index in [9.17, 15) is 8.78 Å². The summed E-state index contributed by atoms with van der Waals surface area (Å²) in [6.07, 6.45) is 4.81. The van der Waals surface area contributed by atoms with Crippen LogP contribution in [0.3, 0.4) is 0 Å². The number of aromatic nitrogens is 4. The Balaban J connectivity index is 1.85. The van der Waals surface area contributed by atoms with Crippen LogP contribution in [0.1, 0.15) is 11.1 Å². The minimum Gasteiger partial charge on any atom is -0.437 e. The minimum atomic E-state index is -0.761. The Morgan fingerprint density at radius 1 is 1.22 bits per heavy atom. The van der Waals surface area contributed by atoms with Crippen molar-refractivity contribution in [3.63, 3.8) is 0 Å². The van der Waals surface area contributed by atoms with E-state index in [0.717, 1.165) is 6.07 Å². The normalized spacial score (nSPS) is 12.3. The molecule has 3 aromatic rings. The lowest BCUT2D eigenvalue weighted by Gasteiger charge is -2.20. The lowest BCUT2D eigenvalue weighted by molar-refractivity contribution is 0.403. The molecule has 23 heavy (non-hydrogen) atoms. The van der Waals surface area contributed by atoms with Crippen molar-refractivity contribution < 1.29 is 13.5 Å². The Hall–Kier alpha value is -2.74. The van der Waals surface area contributed by atoms with Gasteiger partial charge >= 0.3 is 0 Å². The van der Waals surface area contributed by atoms with Crippen molar-refractivity contribution >= 4 is 12.2 Å². The molecule has 0 aliphatic carbocycles. The van der Waals surface area contributed by atoms with Crippen LogP contribution >= 0.6 is 12.2 Å². The van der Waals surface area contributed by atoms with E-state index in [1.54, 1.807) is 0 Å². The molecule has 1 N–H and O–H groups in total. The van der Waals surface area contributed by atoms with Crippen molar-refractivity contribution in [1.29, 1.82) is 0 Å². The van der Waals surface area contributed by atoms with E-state index in [0.29, 0.717) is 22.6 Å². The molecule has 0 bridgehead atoms. The van der Waals surface area contributed by atoms with Gasteiger partial charge in [0, 0.05) is 30.4 Å². The number of ether oxygens (including phenoxy) is 1. The molecule has 0 amide bonds. The topological polar surface area (TPSA) is 63.7 Å². The van der Waals surface area contributed by atoms with Gasteiger partial charge in [-0.1, -0.05) is 12.2 Å². The molecule has 5 nitrogen and oxygen atoms in total. The lowest BCUT2D eigenvalue weighted by atomic mass is 10.0. The zero-order valence-corrected chi connectivity index (χ0v) is 12.3. The first-order valence-corrected chi connectivity index (χ1v) is 7.08. The molecule has 2 aromatic heterocycles. The van der Waals surface area contributed by atoms with Crippen LogP contribution in [0, 0.1) is 16.3 Å². The van der Waals surface area contributed by atoms with Gasteiger partial charge in [0.1, 0.15) is 16.2 Å². The molecular formula is C15H8F2N4OS. The quantitative estimate of drug-likeness (QED) is 0.541. The Bertz CT molecular complexity index is 975. The van der Waals surface area contributed by atoms with Crippen LogP contribution in [0.2, 0.25) is 0 Å². The van der Waals surface area contributed by atoms with Gasteiger partial charge in [0.15, 0.2) is 17.4 Å². The average molecular weight is 330 g/mol. The number of benzene rings is 1. The van der Waals surface area contributed by atoms with Gasteiger partial charge in [0.2, 0.25) is 5.88 Å². The summed E-state index contributed by atoms with van der Waals surface area (Å²) in [5, 5.41) is 0. The monoisotopic (exact) mass is 330 g/mol. The molecule has 0 unspecified atom stereocenters. The van der Waals surface area contributed by atoms with Crippen molar-refractivity contribution in [2.24, 2.45) is 0 Å². The van der Waals surface area contributed by atoms with Gasteiger partial charge in [-0.15, -0.1) is 0 Å². The highest BCUT2D eigenvalue weighted by atomic mass is 32.1. The molecule has 1 aromatic carbocycles. The molecule has 1 aliphatic rings. The smallest absolute Gasteiger partial charge is 0.205 e. The third kappa shape index (κ3) is 2.36. The van der Waals surface area contributed by atoms with Crippen molar-refractivity contribution in [1.82, 2.24) is 19.9 Å². The van der Waals surface area contributed by atoms with Crippen LogP contribution < -0.4 is 4.74 Å². The number of rotatable bonds is 1. The minimum absolute atomic E-state index is 0.0131. The Morgan fingerprint density at radius 2 is 2.09 bits per heavy atom. The SMILES string of the molecule is Fc1cc(F)c2c(c1)Cc1c([nH]c(-c3cnccn3)nc1=S)O2. The molecule has 0 spiro atoms. The van der Waals surface area contributed by atoms with Crippen LogP contribution in [0.25, 0.3) is 11.5 Å². The molecule has 114 valence electrons. The summed E-state index contributed by atoms with van der Waals surface area (Å²) in [6, 6.07) is 2.01. The van der Waals surface area contributed by atoms with Crippen LogP contribution in [0.4, 0.5) is 8.78 Å². The zero-order chi connectivity index (χ0) is 16.0. The number of nitrogens with one attached hydrogen (secondary N) is 1. The van der Waals surface area contributed by atoms with Crippen molar-refractivity contribution in [3.8, 4) is 23.1 Å². The maximum atomic E-state index is 13.9. The molecule has 0 saturated heterocycles. The summed E-state index contributed by atoms with van der Waals surface area (Å²) in [6.45, 7) is 0. The van der Waals surface area contributed by atoms with Crippen LogP contribution in [0.15, 0.2) is 30.7 Å². The third-order valence-electron chi connectivity index (χ3n) is 3.44. The van der Waals surface area contributed by atoms with Gasteiger partial charge in [-0.25, -0.2) is 18.7 Å². The van der Waals surface area contributed by atoms with Crippen molar-refractivity contribution in [3.05, 3.63) is 58.1 Å². The Morgan fingerprint density at radius 3 is 2.87 bits per heavy atom. The summed E-state index contributed by atoms with van der Waals surface area (Å²) < 4.78 is 33.1. The van der Waals surface area contributed by atoms with E-state index in [-0.39, 0.29) is 22.7 Å². The predicted octanol–water partition coefficient (Wildman–Crippen LogP) is 3.57. The number of hydrogen-bond acceptors (Lipinski definition) is 5. The second kappa shape index (κ2) is 5.17. The van der Waals surface area contributed by atoms with Crippen molar-refractivity contribution in [2.45, 2.75) is 6.42 Å². The summed E-state index contributed by atoms with van der Waals surface area (Å²) >= 11 is 5.27. The van der Waals surface area contributed by atoms with Gasteiger partial charge < -0.3 is 9.72 Å². The fourth-order valence-corrected chi connectivity index (χ4v) is 2.67. The lowest BCUT2D eigenvalue weighted by Crippen LogP contribution is -2.10. The predicted molar refractivity (Wildman–Crippen MR) is 79.7 cm³/mol. The highest BCUT2D eigenvalue weighted by Gasteiger charge is 2.24. The van der Waals surface area contributed by atoms with Crippen LogP contribution in [-0.2, 0) is 6.42 Å². The fraction of sp³-hybridized carbons (Fsp3) is 0.0667. The second-order valence-corrected chi connectivity index (χ2v) is 5.33. The number of hydrogen-bond donors (Lipinski definition) is 1. The summed E-state index contributed by atoms with van der Waals surface area (Å²) in [7, 11) is 0. The van der Waals surface area contributed by atoms with E-state index >= 15 is 0 Å². The molecule has 0 fully saturated rings. The maximum absolute atomic E-state index is 13.9. The number of nitrogens with zero attached hydrogens (tertiary/aromatic N) is 3. The van der Waals surface area contributed by atoms with E-state index in [4.69, 9.17) is 17.0 Å². The molecule has 0 radical (unpaired) electrons. The third-order valence-corrected chi connectivity index (χ3v) is 3.78. The largest absolute Gasteiger partial charge is 0.437 e. The van der Waals surface area contributed by atoms with Gasteiger partial charge in [-0.2, -0.15) is 0 Å². The zero-order valence-electron chi connectivity index (χ0n) is 11.5. The maximum Gasteiger partial charge on any atom is 0.205 e. The molecule has 1 aliphatic heterocycles. The Labute approximate surface area is 134 Å². The molecule has 0 atom stereocenters. The molecule has 3 heterocycles. The van der Waals surface area contributed by atoms with Gasteiger partial charge in [0.05, 0.1) is 11.8 Å². The number of aromatic amines is 1. The molecule has 8 heteroatoms. The highest BCUT2D eigenvalue weighted by molar-refractivity contribution is 7.71. The van der Waals surface area contributed by atoms with E-state index in [1.807, 2.05) is 0 Å². The van der Waals surface area contributed by atoms with Crippen LogP contribution in [-0.4, -0.2) is 19.9 Å². The molecular weight excluding hydrogens is 322 g/mol. The highest BCUT2D eigenvalue weighted by Crippen LogP contribution is 2.38. The summed E-state index contributed by atoms with van der Waals surface area (Å²) in [5.41, 5.74) is 1.45. The van der Waals surface area contributed by atoms with E-state index in [1.165, 1.54) is 24.7 Å². The molecule has 4 rings (SSSR count).